The summed E-state index contributed by atoms with van der Waals surface area (Å²) in [4.78, 5) is 14.7. The molecule has 0 radical (unpaired) electrons. The standard InChI is InChI=1S/C9H10N2O/c1-6-3-4-8(5-11-6)7(2)9(10)12/h3-5H,2H2,1H3,(H2,10,12). The maximum Gasteiger partial charge on any atom is 0.248 e. The summed E-state index contributed by atoms with van der Waals surface area (Å²) in [6.07, 6.45) is 1.59. The molecule has 2 N–H and O–H groups in total. The maximum absolute atomic E-state index is 10.7. The van der Waals surface area contributed by atoms with Gasteiger partial charge in [0.05, 0.1) is 0 Å². The van der Waals surface area contributed by atoms with E-state index >= 15 is 0 Å². The molecule has 3 heteroatoms. The number of hydrogen-bond donors (Lipinski definition) is 1. The van der Waals surface area contributed by atoms with Crippen molar-refractivity contribution in [1.82, 2.24) is 4.98 Å². The van der Waals surface area contributed by atoms with Crippen LogP contribution in [0.5, 0.6) is 0 Å². The lowest BCUT2D eigenvalue weighted by Crippen LogP contribution is -2.12. The topological polar surface area (TPSA) is 56.0 Å². The molecular formula is C9H10N2O. The summed E-state index contributed by atoms with van der Waals surface area (Å²) in [6, 6.07) is 3.58. The van der Waals surface area contributed by atoms with Gasteiger partial charge in [-0.15, -0.1) is 0 Å². The van der Waals surface area contributed by atoms with Gasteiger partial charge < -0.3 is 5.73 Å². The summed E-state index contributed by atoms with van der Waals surface area (Å²) in [6.45, 7) is 5.41. The van der Waals surface area contributed by atoms with E-state index < -0.39 is 5.91 Å². The summed E-state index contributed by atoms with van der Waals surface area (Å²) in [5, 5.41) is 0. The highest BCUT2D eigenvalue weighted by Gasteiger charge is 2.03. The lowest BCUT2D eigenvalue weighted by Gasteiger charge is -1.99. The van der Waals surface area contributed by atoms with Crippen LogP contribution in [0.4, 0.5) is 0 Å². The zero-order valence-electron chi connectivity index (χ0n) is 6.87. The molecule has 0 atom stereocenters. The fourth-order valence-corrected chi connectivity index (χ4v) is 0.789. The molecule has 0 aliphatic carbocycles. The van der Waals surface area contributed by atoms with Crippen LogP contribution < -0.4 is 5.73 Å². The molecule has 0 saturated heterocycles. The van der Waals surface area contributed by atoms with Gasteiger partial charge >= 0.3 is 0 Å². The van der Waals surface area contributed by atoms with Gasteiger partial charge in [0.25, 0.3) is 0 Å². The Hall–Kier alpha value is -1.64. The second-order valence-electron chi connectivity index (χ2n) is 2.53. The minimum absolute atomic E-state index is 0.294. The average Bonchev–Trinajstić information content (AvgIpc) is 2.04. The summed E-state index contributed by atoms with van der Waals surface area (Å²) in [5.41, 5.74) is 6.91. The molecule has 0 unspecified atom stereocenters. The number of nitrogens with zero attached hydrogens (tertiary/aromatic N) is 1. The van der Waals surface area contributed by atoms with Gasteiger partial charge in [0, 0.05) is 23.0 Å². The predicted molar refractivity (Wildman–Crippen MR) is 47.2 cm³/mol. The second-order valence-corrected chi connectivity index (χ2v) is 2.53. The average molecular weight is 162 g/mol. The zero-order chi connectivity index (χ0) is 9.14. The third-order valence-electron chi connectivity index (χ3n) is 1.56. The minimum atomic E-state index is -0.513. The van der Waals surface area contributed by atoms with Crippen LogP contribution in [0.25, 0.3) is 5.57 Å². The Morgan fingerprint density at radius 1 is 1.58 bits per heavy atom. The van der Waals surface area contributed by atoms with Crippen LogP contribution in [0.15, 0.2) is 24.9 Å². The van der Waals surface area contributed by atoms with Crippen molar-refractivity contribution in [1.29, 1.82) is 0 Å². The summed E-state index contributed by atoms with van der Waals surface area (Å²) < 4.78 is 0. The first-order chi connectivity index (χ1) is 5.61. The Labute approximate surface area is 70.9 Å². The van der Waals surface area contributed by atoms with E-state index in [0.717, 1.165) is 5.69 Å². The van der Waals surface area contributed by atoms with E-state index in [1.54, 1.807) is 12.3 Å². The number of nitrogens with two attached hydrogens (primary N) is 1. The van der Waals surface area contributed by atoms with E-state index in [0.29, 0.717) is 11.1 Å². The number of rotatable bonds is 2. The molecule has 3 nitrogen and oxygen atoms in total. The van der Waals surface area contributed by atoms with Crippen molar-refractivity contribution in [2.45, 2.75) is 6.92 Å². The van der Waals surface area contributed by atoms with Crippen LogP contribution in [0.3, 0.4) is 0 Å². The van der Waals surface area contributed by atoms with Crippen molar-refractivity contribution in [2.24, 2.45) is 5.73 Å². The van der Waals surface area contributed by atoms with Gasteiger partial charge in [-0.2, -0.15) is 0 Å². The molecular weight excluding hydrogens is 152 g/mol. The van der Waals surface area contributed by atoms with Crippen LogP contribution >= 0.6 is 0 Å². The molecule has 0 aromatic carbocycles. The molecule has 62 valence electrons. The molecule has 0 bridgehead atoms. The lowest BCUT2D eigenvalue weighted by atomic mass is 10.1. The number of aryl methyl sites for hydroxylation is 1. The molecule has 1 aromatic rings. The smallest absolute Gasteiger partial charge is 0.248 e. The number of hydrogen-bond acceptors (Lipinski definition) is 2. The van der Waals surface area contributed by atoms with Gasteiger partial charge in [-0.3, -0.25) is 9.78 Å². The minimum Gasteiger partial charge on any atom is -0.366 e. The fraction of sp³-hybridized carbons (Fsp3) is 0.111. The first-order valence-corrected chi connectivity index (χ1v) is 3.53. The van der Waals surface area contributed by atoms with Gasteiger partial charge in [-0.25, -0.2) is 0 Å². The van der Waals surface area contributed by atoms with Crippen molar-refractivity contribution < 1.29 is 4.79 Å². The Balaban J connectivity index is 2.98. The number of aromatic nitrogens is 1. The molecule has 0 spiro atoms. The van der Waals surface area contributed by atoms with Gasteiger partial charge in [0.15, 0.2) is 0 Å². The molecule has 12 heavy (non-hydrogen) atoms. The van der Waals surface area contributed by atoms with Crippen LogP contribution in [-0.2, 0) is 4.79 Å². The molecule has 0 saturated carbocycles. The SMILES string of the molecule is C=C(C(N)=O)c1ccc(C)nc1. The van der Waals surface area contributed by atoms with Crippen molar-refractivity contribution in [3.05, 3.63) is 36.2 Å². The van der Waals surface area contributed by atoms with Gasteiger partial charge in [-0.05, 0) is 13.0 Å². The van der Waals surface area contributed by atoms with Crippen LogP contribution in [0.1, 0.15) is 11.3 Å². The van der Waals surface area contributed by atoms with Gasteiger partial charge in [0.1, 0.15) is 0 Å². The highest BCUT2D eigenvalue weighted by molar-refractivity contribution is 6.17. The largest absolute Gasteiger partial charge is 0.366 e. The molecule has 1 aromatic heterocycles. The van der Waals surface area contributed by atoms with E-state index in [1.165, 1.54) is 0 Å². The van der Waals surface area contributed by atoms with Gasteiger partial charge in [0.2, 0.25) is 5.91 Å². The normalized spacial score (nSPS) is 9.42. The quantitative estimate of drug-likeness (QED) is 0.656. The fourth-order valence-electron chi connectivity index (χ4n) is 0.789. The van der Waals surface area contributed by atoms with Crippen molar-refractivity contribution in [2.75, 3.05) is 0 Å². The molecule has 1 rings (SSSR count). The highest BCUT2D eigenvalue weighted by atomic mass is 16.1. The Kier molecular flexibility index (Phi) is 2.24. The summed E-state index contributed by atoms with van der Waals surface area (Å²) in [5.74, 6) is -0.513. The summed E-state index contributed by atoms with van der Waals surface area (Å²) in [7, 11) is 0. The molecule has 1 amide bonds. The monoisotopic (exact) mass is 162 g/mol. The number of pyridine rings is 1. The molecule has 0 aliphatic heterocycles. The first-order valence-electron chi connectivity index (χ1n) is 3.53. The lowest BCUT2D eigenvalue weighted by molar-refractivity contribution is -0.112. The Morgan fingerprint density at radius 3 is 2.67 bits per heavy atom. The molecule has 0 aliphatic rings. The third kappa shape index (κ3) is 1.69. The van der Waals surface area contributed by atoms with E-state index in [-0.39, 0.29) is 0 Å². The Morgan fingerprint density at radius 2 is 2.25 bits per heavy atom. The zero-order valence-corrected chi connectivity index (χ0v) is 6.87. The number of carbonyl (C=O) groups is 1. The van der Waals surface area contributed by atoms with Crippen LogP contribution in [0.2, 0.25) is 0 Å². The van der Waals surface area contributed by atoms with Crippen molar-refractivity contribution in [3.63, 3.8) is 0 Å². The summed E-state index contributed by atoms with van der Waals surface area (Å²) >= 11 is 0. The van der Waals surface area contributed by atoms with Gasteiger partial charge in [-0.1, -0.05) is 12.6 Å². The predicted octanol–water partition coefficient (Wildman–Crippen LogP) is 0.889. The Bertz CT molecular complexity index is 314. The molecule has 1 heterocycles. The second kappa shape index (κ2) is 3.17. The first kappa shape index (κ1) is 8.46. The number of amides is 1. The van der Waals surface area contributed by atoms with Crippen molar-refractivity contribution >= 4 is 11.5 Å². The van der Waals surface area contributed by atoms with Crippen molar-refractivity contribution in [3.8, 4) is 0 Å². The third-order valence-corrected chi connectivity index (χ3v) is 1.56. The number of carbonyl (C=O) groups excluding carboxylic acids is 1. The van der Waals surface area contributed by atoms with E-state index in [2.05, 4.69) is 11.6 Å². The maximum atomic E-state index is 10.7. The van der Waals surface area contributed by atoms with E-state index in [9.17, 15) is 4.79 Å². The van der Waals surface area contributed by atoms with E-state index in [1.807, 2.05) is 13.0 Å². The highest BCUT2D eigenvalue weighted by Crippen LogP contribution is 2.09. The molecule has 0 fully saturated rings. The number of primary amides is 1. The van der Waals surface area contributed by atoms with E-state index in [4.69, 9.17) is 5.73 Å². The van der Waals surface area contributed by atoms with Crippen LogP contribution in [0, 0.1) is 6.92 Å². The van der Waals surface area contributed by atoms with Crippen LogP contribution in [-0.4, -0.2) is 10.9 Å².